The summed E-state index contributed by atoms with van der Waals surface area (Å²) in [7, 11) is -0.990. The monoisotopic (exact) mass is 206 g/mol. The van der Waals surface area contributed by atoms with Crippen LogP contribution in [0.3, 0.4) is 0 Å². The highest BCUT2D eigenvalue weighted by Crippen LogP contribution is 2.09. The molecule has 1 aromatic carbocycles. The van der Waals surface area contributed by atoms with Crippen molar-refractivity contribution in [3.05, 3.63) is 29.8 Å². The largest absolute Gasteiger partial charge is 0.304 e. The average molecular weight is 206 g/mol. The summed E-state index contributed by atoms with van der Waals surface area (Å²) in [6, 6.07) is 8.80. The lowest BCUT2D eigenvalue weighted by atomic mass is 10.1. The molecule has 0 aliphatic heterocycles. The van der Waals surface area contributed by atoms with Crippen molar-refractivity contribution >= 4 is 16.5 Å². The van der Waals surface area contributed by atoms with Gasteiger partial charge in [-0.1, -0.05) is 12.1 Å². The predicted molar refractivity (Wildman–Crippen MR) is 55.8 cm³/mol. The van der Waals surface area contributed by atoms with Crippen LogP contribution in [0.2, 0.25) is 0 Å². The first-order valence-corrected chi connectivity index (χ1v) is 5.59. The lowest BCUT2D eigenvalue weighted by Crippen LogP contribution is -1.97. The van der Waals surface area contributed by atoms with Crippen LogP contribution in [0.1, 0.15) is 12.0 Å². The predicted octanol–water partition coefficient (Wildman–Crippen LogP) is 1.71. The van der Waals surface area contributed by atoms with Gasteiger partial charge in [-0.05, 0) is 17.7 Å². The van der Waals surface area contributed by atoms with E-state index in [0.717, 1.165) is 4.90 Å². The van der Waals surface area contributed by atoms with Crippen molar-refractivity contribution in [2.75, 3.05) is 6.26 Å². The van der Waals surface area contributed by atoms with Crippen LogP contribution >= 0.6 is 0 Å². The number of nitrogens with one attached hydrogen (secondary N) is 1. The third-order valence-corrected chi connectivity index (χ3v) is 2.73. The smallest absolute Gasteiger partial charge is 0.0773 e. The molecule has 0 aliphatic rings. The van der Waals surface area contributed by atoms with E-state index < -0.39 is 10.8 Å². The normalized spacial score (nSPS) is 11.7. The van der Waals surface area contributed by atoms with E-state index in [4.69, 9.17) is 10.7 Å². The van der Waals surface area contributed by atoms with Crippen LogP contribution in [0.4, 0.5) is 0 Å². The Morgan fingerprint density at radius 2 is 2.07 bits per heavy atom. The van der Waals surface area contributed by atoms with Crippen LogP contribution in [-0.4, -0.2) is 16.2 Å². The standard InChI is InChI=1S/C10H10N2OS/c1-14(13)9-4-2-8(3-5-9)10(12)6-7-11/h2-5,12H,6H2,1H3. The number of benzene rings is 1. The molecule has 0 aromatic heterocycles. The molecule has 1 N–H and O–H groups in total. The summed E-state index contributed by atoms with van der Waals surface area (Å²) < 4.78 is 11.1. The van der Waals surface area contributed by atoms with Crippen molar-refractivity contribution in [1.29, 1.82) is 10.7 Å². The Kier molecular flexibility index (Phi) is 3.55. The average Bonchev–Trinajstić information content (AvgIpc) is 2.18. The summed E-state index contributed by atoms with van der Waals surface area (Å²) in [6.07, 6.45) is 1.71. The molecule has 72 valence electrons. The highest BCUT2D eigenvalue weighted by Gasteiger charge is 2.01. The van der Waals surface area contributed by atoms with Gasteiger partial charge in [-0.2, -0.15) is 5.26 Å². The summed E-state index contributed by atoms with van der Waals surface area (Å²) in [6.45, 7) is 0. The maximum Gasteiger partial charge on any atom is 0.0773 e. The molecule has 0 spiro atoms. The topological polar surface area (TPSA) is 64.7 Å². The molecule has 1 atom stereocenters. The zero-order valence-corrected chi connectivity index (χ0v) is 8.60. The van der Waals surface area contributed by atoms with Gasteiger partial charge in [-0.3, -0.25) is 4.21 Å². The summed E-state index contributed by atoms with van der Waals surface area (Å²) in [5, 5.41) is 15.9. The fourth-order valence-corrected chi connectivity index (χ4v) is 1.55. The second-order valence-corrected chi connectivity index (χ2v) is 4.17. The Morgan fingerprint density at radius 1 is 1.50 bits per heavy atom. The molecule has 0 heterocycles. The molecule has 0 amide bonds. The van der Waals surface area contributed by atoms with Crippen molar-refractivity contribution in [2.45, 2.75) is 11.3 Å². The Bertz CT molecular complexity index is 403. The lowest BCUT2D eigenvalue weighted by molar-refractivity contribution is 0.687. The highest BCUT2D eigenvalue weighted by atomic mass is 32.2. The maximum atomic E-state index is 11.1. The van der Waals surface area contributed by atoms with Crippen molar-refractivity contribution in [1.82, 2.24) is 0 Å². The van der Waals surface area contributed by atoms with E-state index in [9.17, 15) is 4.21 Å². The Balaban J connectivity index is 2.89. The minimum Gasteiger partial charge on any atom is -0.304 e. The van der Waals surface area contributed by atoms with Gasteiger partial charge in [0.15, 0.2) is 0 Å². The van der Waals surface area contributed by atoms with Crippen LogP contribution in [-0.2, 0) is 10.8 Å². The lowest BCUT2D eigenvalue weighted by Gasteiger charge is -2.00. The van der Waals surface area contributed by atoms with Crippen molar-refractivity contribution in [3.8, 4) is 6.07 Å². The molecular formula is C10H10N2OS. The van der Waals surface area contributed by atoms with Crippen LogP contribution in [0, 0.1) is 16.7 Å². The van der Waals surface area contributed by atoms with E-state index in [2.05, 4.69) is 0 Å². The molecule has 14 heavy (non-hydrogen) atoms. The van der Waals surface area contributed by atoms with E-state index in [1.165, 1.54) is 0 Å². The molecule has 1 rings (SSSR count). The molecule has 0 radical (unpaired) electrons. The van der Waals surface area contributed by atoms with Gasteiger partial charge in [0.25, 0.3) is 0 Å². The molecule has 0 bridgehead atoms. The number of rotatable bonds is 3. The first-order valence-electron chi connectivity index (χ1n) is 4.03. The van der Waals surface area contributed by atoms with Gasteiger partial charge in [-0.15, -0.1) is 0 Å². The fraction of sp³-hybridized carbons (Fsp3) is 0.200. The zero-order chi connectivity index (χ0) is 10.6. The van der Waals surface area contributed by atoms with Gasteiger partial charge in [0.2, 0.25) is 0 Å². The molecule has 3 nitrogen and oxygen atoms in total. The number of nitriles is 1. The van der Waals surface area contributed by atoms with Crippen molar-refractivity contribution < 1.29 is 4.21 Å². The van der Waals surface area contributed by atoms with Gasteiger partial charge >= 0.3 is 0 Å². The van der Waals surface area contributed by atoms with Gasteiger partial charge in [0.05, 0.1) is 18.2 Å². The second kappa shape index (κ2) is 4.68. The zero-order valence-electron chi connectivity index (χ0n) is 7.78. The third kappa shape index (κ3) is 2.51. The molecule has 4 heteroatoms. The summed E-state index contributed by atoms with van der Waals surface area (Å²) in [5.41, 5.74) is 1.00. The molecular weight excluding hydrogens is 196 g/mol. The Hall–Kier alpha value is -1.47. The maximum absolute atomic E-state index is 11.1. The molecule has 0 fully saturated rings. The number of nitrogens with zero attached hydrogens (tertiary/aromatic N) is 1. The van der Waals surface area contributed by atoms with Gasteiger partial charge in [0.1, 0.15) is 0 Å². The van der Waals surface area contributed by atoms with Crippen LogP contribution < -0.4 is 0 Å². The highest BCUT2D eigenvalue weighted by molar-refractivity contribution is 7.84. The van der Waals surface area contributed by atoms with Crippen LogP contribution in [0.25, 0.3) is 0 Å². The van der Waals surface area contributed by atoms with Crippen LogP contribution in [0.15, 0.2) is 29.2 Å². The van der Waals surface area contributed by atoms with Gasteiger partial charge < -0.3 is 5.41 Å². The quantitative estimate of drug-likeness (QED) is 0.765. The molecule has 1 aromatic rings. The third-order valence-electron chi connectivity index (χ3n) is 1.79. The Morgan fingerprint density at radius 3 is 2.50 bits per heavy atom. The molecule has 1 unspecified atom stereocenters. The molecule has 0 saturated carbocycles. The van der Waals surface area contributed by atoms with Gasteiger partial charge in [0, 0.05) is 22.0 Å². The second-order valence-electron chi connectivity index (χ2n) is 2.79. The Labute approximate surface area is 85.3 Å². The number of hydrogen-bond acceptors (Lipinski definition) is 3. The van der Waals surface area contributed by atoms with E-state index in [1.54, 1.807) is 30.5 Å². The fourth-order valence-electron chi connectivity index (χ4n) is 1.03. The van der Waals surface area contributed by atoms with Crippen LogP contribution in [0.5, 0.6) is 0 Å². The minimum atomic E-state index is -0.990. The summed E-state index contributed by atoms with van der Waals surface area (Å²) in [5.74, 6) is 0. The SMILES string of the molecule is CS(=O)c1ccc(C(=N)CC#N)cc1. The first-order chi connectivity index (χ1) is 6.65. The van der Waals surface area contributed by atoms with Crippen molar-refractivity contribution in [3.63, 3.8) is 0 Å². The van der Waals surface area contributed by atoms with E-state index in [-0.39, 0.29) is 6.42 Å². The first kappa shape index (κ1) is 10.6. The van der Waals surface area contributed by atoms with E-state index in [1.807, 2.05) is 6.07 Å². The molecule has 0 saturated heterocycles. The van der Waals surface area contributed by atoms with Gasteiger partial charge in [-0.25, -0.2) is 0 Å². The van der Waals surface area contributed by atoms with E-state index >= 15 is 0 Å². The van der Waals surface area contributed by atoms with Crippen molar-refractivity contribution in [2.24, 2.45) is 0 Å². The summed E-state index contributed by atoms with van der Waals surface area (Å²) in [4.78, 5) is 0.735. The minimum absolute atomic E-state index is 0.106. The molecule has 0 aliphatic carbocycles. The number of hydrogen-bond donors (Lipinski definition) is 1. The van der Waals surface area contributed by atoms with E-state index in [0.29, 0.717) is 11.3 Å². The summed E-state index contributed by atoms with van der Waals surface area (Å²) >= 11 is 0.